The molecule has 2 rings (SSSR count). The number of amides is 1. The fourth-order valence-electron chi connectivity index (χ4n) is 1.63. The molecular formula is C13H18N2O3S. The van der Waals surface area contributed by atoms with Crippen molar-refractivity contribution in [3.8, 4) is 0 Å². The van der Waals surface area contributed by atoms with E-state index in [0.717, 1.165) is 18.4 Å². The molecule has 6 heteroatoms. The summed E-state index contributed by atoms with van der Waals surface area (Å²) in [6, 6.07) is 7.24. The van der Waals surface area contributed by atoms with Crippen molar-refractivity contribution in [2.45, 2.75) is 32.2 Å². The van der Waals surface area contributed by atoms with E-state index in [0.29, 0.717) is 18.2 Å². The minimum Gasteiger partial charge on any atom is -0.353 e. The maximum absolute atomic E-state index is 11.6. The Kier molecular flexibility index (Phi) is 4.09. The van der Waals surface area contributed by atoms with Gasteiger partial charge in [0.1, 0.15) is 0 Å². The molecule has 2 N–H and O–H groups in total. The number of hydrogen-bond donors (Lipinski definition) is 2. The Morgan fingerprint density at radius 1 is 1.26 bits per heavy atom. The van der Waals surface area contributed by atoms with Crippen LogP contribution in [0.1, 0.15) is 25.3 Å². The summed E-state index contributed by atoms with van der Waals surface area (Å²) in [7, 11) is -3.25. The van der Waals surface area contributed by atoms with Crippen molar-refractivity contribution >= 4 is 21.6 Å². The van der Waals surface area contributed by atoms with Crippen LogP contribution in [-0.4, -0.2) is 26.1 Å². The molecule has 1 aromatic carbocycles. The quantitative estimate of drug-likeness (QED) is 0.825. The maximum atomic E-state index is 11.6. The average molecular weight is 282 g/mol. The second kappa shape index (κ2) is 5.61. The standard InChI is InChI=1S/C13H18N2O3S/c1-2-19(17,18)15-12-5-3-10(4-6-12)9-13(16)14-11-7-8-11/h3-6,11,15H,2,7-9H2,1H3,(H,14,16). The molecule has 19 heavy (non-hydrogen) atoms. The van der Waals surface area contributed by atoms with Crippen LogP contribution < -0.4 is 10.0 Å². The van der Waals surface area contributed by atoms with Gasteiger partial charge in [-0.25, -0.2) is 8.42 Å². The van der Waals surface area contributed by atoms with Gasteiger partial charge in [0.25, 0.3) is 0 Å². The van der Waals surface area contributed by atoms with Crippen molar-refractivity contribution < 1.29 is 13.2 Å². The van der Waals surface area contributed by atoms with Crippen LogP contribution >= 0.6 is 0 Å². The lowest BCUT2D eigenvalue weighted by Gasteiger charge is -2.07. The van der Waals surface area contributed by atoms with Crippen molar-refractivity contribution in [3.63, 3.8) is 0 Å². The van der Waals surface area contributed by atoms with Crippen molar-refractivity contribution in [2.75, 3.05) is 10.5 Å². The van der Waals surface area contributed by atoms with Gasteiger partial charge < -0.3 is 5.32 Å². The van der Waals surface area contributed by atoms with E-state index in [1.54, 1.807) is 31.2 Å². The first-order valence-electron chi connectivity index (χ1n) is 6.37. The van der Waals surface area contributed by atoms with Crippen LogP contribution in [0.2, 0.25) is 0 Å². The van der Waals surface area contributed by atoms with Gasteiger partial charge in [0.2, 0.25) is 15.9 Å². The van der Waals surface area contributed by atoms with E-state index in [1.807, 2.05) is 0 Å². The van der Waals surface area contributed by atoms with Gasteiger partial charge in [-0.1, -0.05) is 12.1 Å². The highest BCUT2D eigenvalue weighted by atomic mass is 32.2. The normalized spacial score (nSPS) is 15.0. The van der Waals surface area contributed by atoms with Gasteiger partial charge >= 0.3 is 0 Å². The number of rotatable bonds is 6. The van der Waals surface area contributed by atoms with E-state index < -0.39 is 10.0 Å². The highest BCUT2D eigenvalue weighted by Gasteiger charge is 2.22. The van der Waals surface area contributed by atoms with Crippen LogP contribution in [-0.2, 0) is 21.2 Å². The predicted octanol–water partition coefficient (Wildman–Crippen LogP) is 1.27. The lowest BCUT2D eigenvalue weighted by Crippen LogP contribution is -2.26. The minimum absolute atomic E-state index is 0.0180. The highest BCUT2D eigenvalue weighted by molar-refractivity contribution is 7.92. The number of carbonyl (C=O) groups excluding carboxylic acids is 1. The Hall–Kier alpha value is -1.56. The van der Waals surface area contributed by atoms with E-state index in [1.165, 1.54) is 0 Å². The lowest BCUT2D eigenvalue weighted by molar-refractivity contribution is -0.120. The average Bonchev–Trinajstić information content (AvgIpc) is 3.15. The Bertz CT molecular complexity index is 548. The van der Waals surface area contributed by atoms with Gasteiger partial charge in [-0.15, -0.1) is 0 Å². The molecule has 1 amide bonds. The van der Waals surface area contributed by atoms with Crippen LogP contribution in [0.5, 0.6) is 0 Å². The number of anilines is 1. The topological polar surface area (TPSA) is 75.3 Å². The summed E-state index contributed by atoms with van der Waals surface area (Å²) >= 11 is 0. The second-order valence-corrected chi connectivity index (χ2v) is 6.73. The molecular weight excluding hydrogens is 264 g/mol. The summed E-state index contributed by atoms with van der Waals surface area (Å²) in [6.07, 6.45) is 2.48. The zero-order chi connectivity index (χ0) is 13.9. The van der Waals surface area contributed by atoms with Gasteiger partial charge in [0, 0.05) is 11.7 Å². The molecule has 0 bridgehead atoms. The second-order valence-electron chi connectivity index (χ2n) is 4.72. The van der Waals surface area contributed by atoms with Gasteiger partial charge in [-0.3, -0.25) is 9.52 Å². The molecule has 0 heterocycles. The van der Waals surface area contributed by atoms with Crippen molar-refractivity contribution in [1.82, 2.24) is 5.32 Å². The van der Waals surface area contributed by atoms with Gasteiger partial charge in [-0.05, 0) is 37.5 Å². The zero-order valence-corrected chi connectivity index (χ0v) is 11.7. The van der Waals surface area contributed by atoms with Gasteiger partial charge in [-0.2, -0.15) is 0 Å². The zero-order valence-electron chi connectivity index (χ0n) is 10.8. The third kappa shape index (κ3) is 4.55. The molecule has 1 aliphatic carbocycles. The van der Waals surface area contributed by atoms with Crippen LogP contribution in [0.15, 0.2) is 24.3 Å². The number of benzene rings is 1. The van der Waals surface area contributed by atoms with Crippen LogP contribution in [0.3, 0.4) is 0 Å². The molecule has 1 aromatic rings. The number of carbonyl (C=O) groups is 1. The molecule has 0 atom stereocenters. The monoisotopic (exact) mass is 282 g/mol. The van der Waals surface area contributed by atoms with Crippen LogP contribution in [0, 0.1) is 0 Å². The minimum atomic E-state index is -3.25. The van der Waals surface area contributed by atoms with Crippen LogP contribution in [0.25, 0.3) is 0 Å². The first kappa shape index (κ1) is 13.9. The summed E-state index contributed by atoms with van der Waals surface area (Å²) < 4.78 is 25.2. The van der Waals surface area contributed by atoms with Gasteiger partial charge in [0.15, 0.2) is 0 Å². The Morgan fingerprint density at radius 2 is 1.89 bits per heavy atom. The van der Waals surface area contributed by atoms with Crippen LogP contribution in [0.4, 0.5) is 5.69 Å². The molecule has 1 fully saturated rings. The number of sulfonamides is 1. The summed E-state index contributed by atoms with van der Waals surface area (Å²) in [5, 5.41) is 2.91. The molecule has 5 nitrogen and oxygen atoms in total. The number of nitrogens with one attached hydrogen (secondary N) is 2. The molecule has 0 aliphatic heterocycles. The number of hydrogen-bond acceptors (Lipinski definition) is 3. The Labute approximate surface area is 113 Å². The summed E-state index contributed by atoms with van der Waals surface area (Å²) in [5.41, 5.74) is 1.39. The molecule has 0 radical (unpaired) electrons. The van der Waals surface area contributed by atoms with Gasteiger partial charge in [0.05, 0.1) is 12.2 Å². The van der Waals surface area contributed by atoms with E-state index in [9.17, 15) is 13.2 Å². The van der Waals surface area contributed by atoms with E-state index in [-0.39, 0.29) is 11.7 Å². The Balaban J connectivity index is 1.92. The predicted molar refractivity (Wildman–Crippen MR) is 74.4 cm³/mol. The van der Waals surface area contributed by atoms with E-state index in [2.05, 4.69) is 10.0 Å². The third-order valence-electron chi connectivity index (χ3n) is 2.91. The largest absolute Gasteiger partial charge is 0.353 e. The summed E-state index contributed by atoms with van der Waals surface area (Å²) in [5.74, 6) is 0.0582. The van der Waals surface area contributed by atoms with E-state index >= 15 is 0 Å². The Morgan fingerprint density at radius 3 is 2.42 bits per heavy atom. The highest BCUT2D eigenvalue weighted by Crippen LogP contribution is 2.19. The van der Waals surface area contributed by atoms with E-state index in [4.69, 9.17) is 0 Å². The third-order valence-corrected chi connectivity index (χ3v) is 4.22. The first-order chi connectivity index (χ1) is 8.98. The fourth-order valence-corrected chi connectivity index (χ4v) is 2.27. The summed E-state index contributed by atoms with van der Waals surface area (Å²) in [6.45, 7) is 1.58. The van der Waals surface area contributed by atoms with Crippen molar-refractivity contribution in [3.05, 3.63) is 29.8 Å². The molecule has 0 unspecified atom stereocenters. The fraction of sp³-hybridized carbons (Fsp3) is 0.462. The van der Waals surface area contributed by atoms with Crippen molar-refractivity contribution in [1.29, 1.82) is 0 Å². The lowest BCUT2D eigenvalue weighted by atomic mass is 10.1. The summed E-state index contributed by atoms with van der Waals surface area (Å²) in [4.78, 5) is 11.6. The first-order valence-corrected chi connectivity index (χ1v) is 8.02. The molecule has 104 valence electrons. The smallest absolute Gasteiger partial charge is 0.232 e. The molecule has 1 aliphatic rings. The SMILES string of the molecule is CCS(=O)(=O)Nc1ccc(CC(=O)NC2CC2)cc1. The maximum Gasteiger partial charge on any atom is 0.232 e. The molecule has 0 aromatic heterocycles. The molecule has 0 saturated heterocycles. The molecule has 0 spiro atoms. The molecule has 1 saturated carbocycles. The van der Waals surface area contributed by atoms with Crippen molar-refractivity contribution in [2.24, 2.45) is 0 Å².